The number of thiophene rings is 1. The molecular formula is C17H28BrNS. The van der Waals surface area contributed by atoms with Gasteiger partial charge >= 0.3 is 0 Å². The van der Waals surface area contributed by atoms with Gasteiger partial charge in [-0.15, -0.1) is 11.3 Å². The second kappa shape index (κ2) is 6.93. The highest BCUT2D eigenvalue weighted by Crippen LogP contribution is 2.41. The third-order valence-corrected chi connectivity index (χ3v) is 6.70. The van der Waals surface area contributed by atoms with E-state index in [1.54, 1.807) is 0 Å². The van der Waals surface area contributed by atoms with Crippen LogP contribution in [0.3, 0.4) is 0 Å². The third kappa shape index (κ3) is 4.32. The van der Waals surface area contributed by atoms with Crippen LogP contribution in [0, 0.1) is 17.3 Å². The molecule has 1 heterocycles. The number of nitrogens with one attached hydrogen (secondary N) is 1. The molecule has 1 nitrogen and oxygen atoms in total. The van der Waals surface area contributed by atoms with Crippen LogP contribution in [0.4, 0.5) is 0 Å². The SMILES string of the molecule is CNC(Cc1cc(Br)cs1)C1CCC(C(C)(C)C)CC1. The van der Waals surface area contributed by atoms with Crippen molar-refractivity contribution in [2.75, 3.05) is 7.05 Å². The van der Waals surface area contributed by atoms with Crippen LogP contribution in [0.25, 0.3) is 0 Å². The molecule has 0 spiro atoms. The fraction of sp³-hybridized carbons (Fsp3) is 0.765. The summed E-state index contributed by atoms with van der Waals surface area (Å²) >= 11 is 5.43. The van der Waals surface area contributed by atoms with E-state index in [9.17, 15) is 0 Å². The van der Waals surface area contributed by atoms with E-state index in [1.807, 2.05) is 11.3 Å². The zero-order chi connectivity index (χ0) is 14.8. The number of hydrogen-bond acceptors (Lipinski definition) is 2. The first-order valence-electron chi connectivity index (χ1n) is 7.80. The Labute approximate surface area is 136 Å². The smallest absolute Gasteiger partial charge is 0.0285 e. The lowest BCUT2D eigenvalue weighted by Gasteiger charge is -2.39. The highest BCUT2D eigenvalue weighted by molar-refractivity contribution is 9.10. The fourth-order valence-electron chi connectivity index (χ4n) is 3.57. The van der Waals surface area contributed by atoms with Crippen molar-refractivity contribution in [1.82, 2.24) is 5.32 Å². The number of likely N-dealkylation sites (N-methyl/N-ethyl adjacent to an activating group) is 1. The minimum absolute atomic E-state index is 0.485. The molecule has 1 unspecified atom stereocenters. The summed E-state index contributed by atoms with van der Waals surface area (Å²) in [5.41, 5.74) is 0.485. The second-order valence-electron chi connectivity index (χ2n) is 7.31. The van der Waals surface area contributed by atoms with Gasteiger partial charge in [0.1, 0.15) is 0 Å². The van der Waals surface area contributed by atoms with Crippen LogP contribution in [-0.4, -0.2) is 13.1 Å². The minimum atomic E-state index is 0.485. The number of hydrogen-bond donors (Lipinski definition) is 1. The molecule has 114 valence electrons. The first-order chi connectivity index (χ1) is 9.40. The van der Waals surface area contributed by atoms with Crippen molar-refractivity contribution in [3.8, 4) is 0 Å². The molecule has 1 aromatic rings. The molecular weight excluding hydrogens is 330 g/mol. The zero-order valence-electron chi connectivity index (χ0n) is 13.2. The van der Waals surface area contributed by atoms with Gasteiger partial charge in [-0.25, -0.2) is 0 Å². The Balaban J connectivity index is 1.90. The minimum Gasteiger partial charge on any atom is -0.316 e. The van der Waals surface area contributed by atoms with Gasteiger partial charge in [0.15, 0.2) is 0 Å². The quantitative estimate of drug-likeness (QED) is 0.750. The van der Waals surface area contributed by atoms with Crippen LogP contribution in [0.15, 0.2) is 15.9 Å². The van der Waals surface area contributed by atoms with Crippen molar-refractivity contribution in [3.63, 3.8) is 0 Å². The molecule has 0 saturated heterocycles. The third-order valence-electron chi connectivity index (χ3n) is 4.98. The summed E-state index contributed by atoms with van der Waals surface area (Å²) in [7, 11) is 2.13. The molecule has 0 bridgehead atoms. The first kappa shape index (κ1) is 16.5. The molecule has 20 heavy (non-hydrogen) atoms. The van der Waals surface area contributed by atoms with E-state index in [0.717, 1.165) is 11.8 Å². The summed E-state index contributed by atoms with van der Waals surface area (Å²) in [4.78, 5) is 1.49. The van der Waals surface area contributed by atoms with E-state index in [4.69, 9.17) is 0 Å². The van der Waals surface area contributed by atoms with Crippen LogP contribution in [0.1, 0.15) is 51.3 Å². The summed E-state index contributed by atoms with van der Waals surface area (Å²) in [6.45, 7) is 7.20. The highest BCUT2D eigenvalue weighted by Gasteiger charge is 2.32. The van der Waals surface area contributed by atoms with Crippen LogP contribution >= 0.6 is 27.3 Å². The normalized spacial score (nSPS) is 25.6. The Hall–Kier alpha value is 0.140. The molecule has 1 fully saturated rings. The van der Waals surface area contributed by atoms with Gasteiger partial charge in [-0.2, -0.15) is 0 Å². The Morgan fingerprint density at radius 3 is 2.40 bits per heavy atom. The van der Waals surface area contributed by atoms with Crippen molar-refractivity contribution in [2.24, 2.45) is 17.3 Å². The van der Waals surface area contributed by atoms with Gasteiger partial charge in [-0.1, -0.05) is 20.8 Å². The van der Waals surface area contributed by atoms with E-state index in [-0.39, 0.29) is 0 Å². The van der Waals surface area contributed by atoms with Gasteiger partial charge in [-0.3, -0.25) is 0 Å². The summed E-state index contributed by atoms with van der Waals surface area (Å²) in [6, 6.07) is 2.91. The predicted octanol–water partition coefficient (Wildman–Crippen LogP) is 5.49. The molecule has 1 atom stereocenters. The average molecular weight is 358 g/mol. The Kier molecular flexibility index (Phi) is 5.72. The molecule has 0 amide bonds. The molecule has 2 rings (SSSR count). The second-order valence-corrected chi connectivity index (χ2v) is 9.22. The lowest BCUT2D eigenvalue weighted by molar-refractivity contribution is 0.134. The summed E-state index contributed by atoms with van der Waals surface area (Å²) < 4.78 is 1.23. The van der Waals surface area contributed by atoms with Crippen molar-refractivity contribution in [1.29, 1.82) is 0 Å². The molecule has 0 aromatic carbocycles. The molecule has 1 aliphatic carbocycles. The van der Waals surface area contributed by atoms with E-state index in [1.165, 1.54) is 41.5 Å². The van der Waals surface area contributed by atoms with Gasteiger partial charge in [0, 0.05) is 20.8 Å². The van der Waals surface area contributed by atoms with E-state index in [2.05, 4.69) is 60.5 Å². The van der Waals surface area contributed by atoms with Gasteiger partial charge in [-0.05, 0) is 78.4 Å². The molecule has 1 N–H and O–H groups in total. The van der Waals surface area contributed by atoms with Crippen LogP contribution < -0.4 is 5.32 Å². The highest BCUT2D eigenvalue weighted by atomic mass is 79.9. The predicted molar refractivity (Wildman–Crippen MR) is 93.5 cm³/mol. The van der Waals surface area contributed by atoms with Gasteiger partial charge in [0.25, 0.3) is 0 Å². The standard InChI is InChI=1S/C17H28BrNS/c1-17(2,3)13-7-5-12(6-8-13)16(19-4)10-15-9-14(18)11-20-15/h9,11-13,16,19H,5-8,10H2,1-4H3. The van der Waals surface area contributed by atoms with E-state index in [0.29, 0.717) is 11.5 Å². The molecule has 1 saturated carbocycles. The van der Waals surface area contributed by atoms with E-state index < -0.39 is 0 Å². The number of rotatable bonds is 4. The van der Waals surface area contributed by atoms with Gasteiger partial charge < -0.3 is 5.32 Å². The largest absolute Gasteiger partial charge is 0.316 e. The maximum Gasteiger partial charge on any atom is 0.0285 e. The maximum absolute atomic E-state index is 3.57. The van der Waals surface area contributed by atoms with Crippen LogP contribution in [0.5, 0.6) is 0 Å². The van der Waals surface area contributed by atoms with Crippen molar-refractivity contribution < 1.29 is 0 Å². The molecule has 1 aromatic heterocycles. The monoisotopic (exact) mass is 357 g/mol. The fourth-order valence-corrected chi connectivity index (χ4v) is 5.08. The average Bonchev–Trinajstić information content (AvgIpc) is 2.81. The summed E-state index contributed by atoms with van der Waals surface area (Å²) in [5.74, 6) is 1.76. The lowest BCUT2D eigenvalue weighted by Crippen LogP contribution is -2.38. The lowest BCUT2D eigenvalue weighted by atomic mass is 9.68. The zero-order valence-corrected chi connectivity index (χ0v) is 15.6. The molecule has 0 aliphatic heterocycles. The first-order valence-corrected chi connectivity index (χ1v) is 9.47. The van der Waals surface area contributed by atoms with Gasteiger partial charge in [0.05, 0.1) is 0 Å². The summed E-state index contributed by atoms with van der Waals surface area (Å²) in [6.07, 6.45) is 6.76. The molecule has 1 aliphatic rings. The van der Waals surface area contributed by atoms with Crippen molar-refractivity contribution >= 4 is 27.3 Å². The summed E-state index contributed by atoms with van der Waals surface area (Å²) in [5, 5.41) is 5.77. The Morgan fingerprint density at radius 2 is 1.95 bits per heavy atom. The number of halogens is 1. The van der Waals surface area contributed by atoms with E-state index >= 15 is 0 Å². The Morgan fingerprint density at radius 1 is 1.30 bits per heavy atom. The van der Waals surface area contributed by atoms with Crippen molar-refractivity contribution in [2.45, 2.75) is 58.9 Å². The molecule has 3 heteroatoms. The van der Waals surface area contributed by atoms with Crippen LogP contribution in [-0.2, 0) is 6.42 Å². The maximum atomic E-state index is 3.57. The van der Waals surface area contributed by atoms with Crippen molar-refractivity contribution in [3.05, 3.63) is 20.8 Å². The van der Waals surface area contributed by atoms with Crippen LogP contribution in [0.2, 0.25) is 0 Å². The molecule has 0 radical (unpaired) electrons. The van der Waals surface area contributed by atoms with Gasteiger partial charge in [0.2, 0.25) is 0 Å². The Bertz CT molecular complexity index is 413. The topological polar surface area (TPSA) is 12.0 Å².